The molecule has 1 atom stereocenters. The standard InChI is InChI=1S/C24H31Cl2N3O4S/c1-6-9-27-24(31)18(4)28(14-19-7-8-21(25)22(26)13-19)23(30)15-29(34(5,32)33)20-11-16(2)10-17(3)12-20/h7-8,10-13,18H,6,9,14-15H2,1-5H3,(H,27,31). The van der Waals surface area contributed by atoms with Crippen LogP contribution in [0, 0.1) is 13.8 Å². The average Bonchev–Trinajstić information content (AvgIpc) is 2.74. The number of halogens is 2. The van der Waals surface area contributed by atoms with Gasteiger partial charge in [-0.15, -0.1) is 0 Å². The van der Waals surface area contributed by atoms with Crippen LogP contribution in [0.4, 0.5) is 5.69 Å². The zero-order valence-electron chi connectivity index (χ0n) is 20.1. The summed E-state index contributed by atoms with van der Waals surface area (Å²) in [5.41, 5.74) is 2.80. The molecule has 10 heteroatoms. The van der Waals surface area contributed by atoms with Gasteiger partial charge < -0.3 is 10.2 Å². The summed E-state index contributed by atoms with van der Waals surface area (Å²) in [6.07, 6.45) is 1.80. The molecule has 0 saturated carbocycles. The third-order valence-electron chi connectivity index (χ3n) is 5.23. The van der Waals surface area contributed by atoms with Crippen LogP contribution in [0.1, 0.15) is 37.0 Å². The molecule has 1 N–H and O–H groups in total. The molecule has 186 valence electrons. The van der Waals surface area contributed by atoms with Gasteiger partial charge in [0, 0.05) is 13.1 Å². The van der Waals surface area contributed by atoms with Crippen molar-refractivity contribution in [1.82, 2.24) is 10.2 Å². The lowest BCUT2D eigenvalue weighted by Gasteiger charge is -2.31. The van der Waals surface area contributed by atoms with E-state index < -0.39 is 28.5 Å². The predicted molar refractivity (Wildman–Crippen MR) is 138 cm³/mol. The van der Waals surface area contributed by atoms with Gasteiger partial charge in [0.15, 0.2) is 0 Å². The molecular formula is C24H31Cl2N3O4S. The van der Waals surface area contributed by atoms with Gasteiger partial charge in [-0.3, -0.25) is 13.9 Å². The number of amides is 2. The smallest absolute Gasteiger partial charge is 0.244 e. The van der Waals surface area contributed by atoms with Crippen LogP contribution in [0.15, 0.2) is 36.4 Å². The van der Waals surface area contributed by atoms with E-state index in [-0.39, 0.29) is 12.5 Å². The number of aryl methyl sites for hydroxylation is 2. The SMILES string of the molecule is CCCNC(=O)C(C)N(Cc1ccc(Cl)c(Cl)c1)C(=O)CN(c1cc(C)cc(C)c1)S(C)(=O)=O. The second kappa shape index (κ2) is 11.9. The second-order valence-corrected chi connectivity index (χ2v) is 11.1. The Morgan fingerprint density at radius 3 is 2.18 bits per heavy atom. The van der Waals surface area contributed by atoms with E-state index in [0.29, 0.717) is 27.8 Å². The molecule has 2 amide bonds. The number of rotatable bonds is 10. The van der Waals surface area contributed by atoms with Gasteiger partial charge in [0.05, 0.1) is 22.0 Å². The maximum absolute atomic E-state index is 13.5. The highest BCUT2D eigenvalue weighted by atomic mass is 35.5. The van der Waals surface area contributed by atoms with E-state index in [2.05, 4.69) is 5.32 Å². The number of carbonyl (C=O) groups is 2. The molecule has 0 aliphatic heterocycles. The Labute approximate surface area is 212 Å². The molecule has 0 radical (unpaired) electrons. The van der Waals surface area contributed by atoms with Crippen LogP contribution in [-0.2, 0) is 26.2 Å². The van der Waals surface area contributed by atoms with E-state index in [1.54, 1.807) is 37.3 Å². The number of hydrogen-bond donors (Lipinski definition) is 1. The van der Waals surface area contributed by atoms with Gasteiger partial charge >= 0.3 is 0 Å². The summed E-state index contributed by atoms with van der Waals surface area (Å²) in [7, 11) is -3.78. The molecule has 34 heavy (non-hydrogen) atoms. The summed E-state index contributed by atoms with van der Waals surface area (Å²) < 4.78 is 26.3. The maximum atomic E-state index is 13.5. The number of sulfonamides is 1. The van der Waals surface area contributed by atoms with Gasteiger partial charge in [0.1, 0.15) is 12.6 Å². The number of hydrogen-bond acceptors (Lipinski definition) is 4. The molecule has 1 unspecified atom stereocenters. The number of carbonyl (C=O) groups excluding carboxylic acids is 2. The molecule has 0 bridgehead atoms. The first-order valence-corrected chi connectivity index (χ1v) is 13.5. The fourth-order valence-corrected chi connectivity index (χ4v) is 4.68. The van der Waals surface area contributed by atoms with E-state index in [0.717, 1.165) is 28.1 Å². The van der Waals surface area contributed by atoms with Crippen LogP contribution in [0.25, 0.3) is 0 Å². The molecule has 0 saturated heterocycles. The van der Waals surface area contributed by atoms with E-state index >= 15 is 0 Å². The van der Waals surface area contributed by atoms with Crippen molar-refractivity contribution in [2.24, 2.45) is 0 Å². The van der Waals surface area contributed by atoms with Crippen LogP contribution < -0.4 is 9.62 Å². The van der Waals surface area contributed by atoms with Crippen LogP contribution in [0.2, 0.25) is 10.0 Å². The molecule has 7 nitrogen and oxygen atoms in total. The summed E-state index contributed by atoms with van der Waals surface area (Å²) in [4.78, 5) is 27.6. The van der Waals surface area contributed by atoms with Crippen molar-refractivity contribution in [3.05, 3.63) is 63.1 Å². The van der Waals surface area contributed by atoms with Gasteiger partial charge in [-0.05, 0) is 68.1 Å². The first kappa shape index (κ1) is 28.0. The predicted octanol–water partition coefficient (Wildman–Crippen LogP) is 4.32. The molecule has 2 rings (SSSR count). The number of nitrogens with one attached hydrogen (secondary N) is 1. The topological polar surface area (TPSA) is 86.8 Å². The zero-order valence-corrected chi connectivity index (χ0v) is 22.4. The summed E-state index contributed by atoms with van der Waals surface area (Å²) in [5.74, 6) is -0.845. The highest BCUT2D eigenvalue weighted by Gasteiger charge is 2.30. The summed E-state index contributed by atoms with van der Waals surface area (Å²) in [5, 5.41) is 3.48. The summed E-state index contributed by atoms with van der Waals surface area (Å²) in [6, 6.07) is 9.45. The van der Waals surface area contributed by atoms with Crippen molar-refractivity contribution in [2.45, 2.75) is 46.7 Å². The lowest BCUT2D eigenvalue weighted by Crippen LogP contribution is -2.51. The summed E-state index contributed by atoms with van der Waals surface area (Å²) in [6.45, 7) is 7.33. The van der Waals surface area contributed by atoms with E-state index in [1.807, 2.05) is 26.8 Å². The van der Waals surface area contributed by atoms with E-state index in [4.69, 9.17) is 23.2 Å². The monoisotopic (exact) mass is 527 g/mol. The Morgan fingerprint density at radius 1 is 1.03 bits per heavy atom. The molecular weight excluding hydrogens is 497 g/mol. The highest BCUT2D eigenvalue weighted by Crippen LogP contribution is 2.25. The van der Waals surface area contributed by atoms with Gasteiger partial charge in [-0.1, -0.05) is 42.3 Å². The van der Waals surface area contributed by atoms with Crippen molar-refractivity contribution >= 4 is 50.7 Å². The van der Waals surface area contributed by atoms with Crippen LogP contribution in [-0.4, -0.2) is 50.5 Å². The van der Waals surface area contributed by atoms with Crippen LogP contribution >= 0.6 is 23.2 Å². The minimum absolute atomic E-state index is 0.0564. The minimum atomic E-state index is -3.78. The Hall–Kier alpha value is -2.29. The highest BCUT2D eigenvalue weighted by molar-refractivity contribution is 7.92. The zero-order chi connectivity index (χ0) is 25.6. The maximum Gasteiger partial charge on any atom is 0.244 e. The van der Waals surface area contributed by atoms with E-state index in [1.165, 1.54) is 4.90 Å². The largest absolute Gasteiger partial charge is 0.354 e. The van der Waals surface area contributed by atoms with Gasteiger partial charge in [0.2, 0.25) is 21.8 Å². The fraction of sp³-hybridized carbons (Fsp3) is 0.417. The Morgan fingerprint density at radius 2 is 1.65 bits per heavy atom. The third kappa shape index (κ3) is 7.61. The number of nitrogens with zero attached hydrogens (tertiary/aromatic N) is 2. The third-order valence-corrected chi connectivity index (χ3v) is 7.11. The van der Waals surface area contributed by atoms with Crippen molar-refractivity contribution in [3.63, 3.8) is 0 Å². The van der Waals surface area contributed by atoms with Crippen molar-refractivity contribution in [3.8, 4) is 0 Å². The van der Waals surface area contributed by atoms with E-state index in [9.17, 15) is 18.0 Å². The van der Waals surface area contributed by atoms with Gasteiger partial charge in [-0.25, -0.2) is 8.42 Å². The van der Waals surface area contributed by atoms with Crippen molar-refractivity contribution in [2.75, 3.05) is 23.7 Å². The molecule has 2 aromatic rings. The van der Waals surface area contributed by atoms with Crippen molar-refractivity contribution < 1.29 is 18.0 Å². The molecule has 0 aromatic heterocycles. The molecule has 0 heterocycles. The number of anilines is 1. The average molecular weight is 529 g/mol. The van der Waals surface area contributed by atoms with Gasteiger partial charge in [0.25, 0.3) is 0 Å². The molecule has 0 aliphatic carbocycles. The molecule has 0 spiro atoms. The Kier molecular flexibility index (Phi) is 9.79. The normalized spacial score (nSPS) is 12.2. The molecule has 2 aromatic carbocycles. The minimum Gasteiger partial charge on any atom is -0.354 e. The summed E-state index contributed by atoms with van der Waals surface area (Å²) >= 11 is 12.2. The first-order chi connectivity index (χ1) is 15.8. The van der Waals surface area contributed by atoms with Gasteiger partial charge in [-0.2, -0.15) is 0 Å². The lowest BCUT2D eigenvalue weighted by atomic mass is 10.1. The Balaban J connectivity index is 2.42. The molecule has 0 aliphatic rings. The Bertz CT molecular complexity index is 1130. The lowest BCUT2D eigenvalue weighted by molar-refractivity contribution is -0.139. The van der Waals surface area contributed by atoms with Crippen molar-refractivity contribution in [1.29, 1.82) is 0 Å². The van der Waals surface area contributed by atoms with Crippen LogP contribution in [0.5, 0.6) is 0 Å². The van der Waals surface area contributed by atoms with Crippen LogP contribution in [0.3, 0.4) is 0 Å². The molecule has 0 fully saturated rings. The number of benzene rings is 2. The fourth-order valence-electron chi connectivity index (χ4n) is 3.52. The quantitative estimate of drug-likeness (QED) is 0.498. The first-order valence-electron chi connectivity index (χ1n) is 10.9. The second-order valence-electron chi connectivity index (χ2n) is 8.35.